The summed E-state index contributed by atoms with van der Waals surface area (Å²) in [6, 6.07) is 4.90. The minimum absolute atomic E-state index is 0. The quantitative estimate of drug-likeness (QED) is 0.726. The Morgan fingerprint density at radius 2 is 2.54 bits per heavy atom. The van der Waals surface area contributed by atoms with Crippen LogP contribution in [0.1, 0.15) is 8.55 Å². The number of nitrogens with one attached hydrogen (secondary N) is 1. The molecule has 1 rings (SSSR count). The van der Waals surface area contributed by atoms with Crippen LogP contribution in [-0.4, -0.2) is 29.1 Å². The molecule has 0 saturated heterocycles. The summed E-state index contributed by atoms with van der Waals surface area (Å²) in [6.07, 6.45) is 2.07. The van der Waals surface area contributed by atoms with Gasteiger partial charge in [0, 0.05) is 21.2 Å². The summed E-state index contributed by atoms with van der Waals surface area (Å²) in [5, 5.41) is 11.5. The van der Waals surface area contributed by atoms with Crippen LogP contribution in [0.3, 0.4) is 0 Å². The molecule has 2 N–H and O–H groups in total. The van der Waals surface area contributed by atoms with Crippen LogP contribution >= 0.6 is 0 Å². The Labute approximate surface area is 79.6 Å². The van der Waals surface area contributed by atoms with Crippen molar-refractivity contribution in [1.29, 1.82) is 0 Å². The van der Waals surface area contributed by atoms with Gasteiger partial charge in [-0.2, -0.15) is 0 Å². The average molecular weight is 184 g/mol. The zero-order chi connectivity index (χ0) is 9.68. The molecule has 1 aromatic heterocycles. The van der Waals surface area contributed by atoms with Crippen LogP contribution in [0, 0.1) is 0 Å². The maximum absolute atomic E-state index is 10.6. The summed E-state index contributed by atoms with van der Waals surface area (Å²) in [5.41, 5.74) is 0.782. The van der Waals surface area contributed by atoms with E-state index in [-0.39, 0.29) is 2.85 Å². The van der Waals surface area contributed by atoms with E-state index in [4.69, 9.17) is 5.11 Å². The van der Waals surface area contributed by atoms with Gasteiger partial charge in [0.05, 0.1) is 0 Å². The molecule has 0 aliphatic rings. The second kappa shape index (κ2) is 4.57. The molecule has 0 bridgehead atoms. The number of carbonyl (C=O) groups is 1. The number of aromatic nitrogens is 1. The van der Waals surface area contributed by atoms with Gasteiger partial charge in [0.25, 0.3) is 0 Å². The summed E-state index contributed by atoms with van der Waals surface area (Å²) in [4.78, 5) is 14.7. The van der Waals surface area contributed by atoms with E-state index in [0.29, 0.717) is 6.42 Å². The number of aliphatic carboxylic acids is 1. The van der Waals surface area contributed by atoms with Crippen LogP contribution in [0.15, 0.2) is 24.4 Å². The Balaban J connectivity index is 0. The molecule has 0 spiro atoms. The highest BCUT2D eigenvalue weighted by molar-refractivity contribution is 5.73. The molecule has 0 aromatic carbocycles. The first kappa shape index (κ1) is 9.67. The number of carboxylic acid groups (broad SMARTS) is 1. The molecule has 1 atom stereocenters. The van der Waals surface area contributed by atoms with Gasteiger partial charge in [-0.15, -0.1) is 0 Å². The number of nitrogens with zero attached hydrogens (tertiary/aromatic N) is 1. The zero-order valence-corrected chi connectivity index (χ0v) is 7.40. The third kappa shape index (κ3) is 2.83. The highest BCUT2D eigenvalue weighted by Gasteiger charge is 2.15. The SMILES string of the molecule is CNC(Cc1ccccn1)C(=O)O.[HH].[HH]. The molecule has 0 saturated carbocycles. The highest BCUT2D eigenvalue weighted by Crippen LogP contribution is 1.98. The summed E-state index contributed by atoms with van der Waals surface area (Å²) in [7, 11) is 1.63. The van der Waals surface area contributed by atoms with Crippen LogP contribution in [0.25, 0.3) is 0 Å². The molecular formula is C9H16N2O2. The molecule has 1 unspecified atom stereocenters. The Morgan fingerprint density at radius 3 is 3.00 bits per heavy atom. The number of hydrogen-bond donors (Lipinski definition) is 2. The van der Waals surface area contributed by atoms with Crippen molar-refractivity contribution in [3.8, 4) is 0 Å². The van der Waals surface area contributed by atoms with Crippen LogP contribution in [0.2, 0.25) is 0 Å². The van der Waals surface area contributed by atoms with Crippen LogP contribution in [-0.2, 0) is 11.2 Å². The minimum Gasteiger partial charge on any atom is -0.480 e. The van der Waals surface area contributed by atoms with Crippen molar-refractivity contribution in [2.24, 2.45) is 0 Å². The molecular weight excluding hydrogens is 168 g/mol. The van der Waals surface area contributed by atoms with Gasteiger partial charge in [-0.1, -0.05) is 6.07 Å². The Kier molecular flexibility index (Phi) is 3.40. The lowest BCUT2D eigenvalue weighted by Crippen LogP contribution is -2.35. The van der Waals surface area contributed by atoms with Crippen molar-refractivity contribution < 1.29 is 12.8 Å². The number of hydrogen-bond acceptors (Lipinski definition) is 3. The third-order valence-electron chi connectivity index (χ3n) is 1.79. The normalized spacial score (nSPS) is 12.4. The molecule has 0 aliphatic heterocycles. The van der Waals surface area contributed by atoms with E-state index in [0.717, 1.165) is 5.69 Å². The largest absolute Gasteiger partial charge is 0.480 e. The van der Waals surface area contributed by atoms with Crippen molar-refractivity contribution in [3.63, 3.8) is 0 Å². The maximum atomic E-state index is 10.6. The van der Waals surface area contributed by atoms with E-state index in [1.54, 1.807) is 19.3 Å². The first-order valence-corrected chi connectivity index (χ1v) is 4.04. The van der Waals surface area contributed by atoms with Crippen molar-refractivity contribution >= 4 is 5.97 Å². The Hall–Kier alpha value is -1.42. The molecule has 0 amide bonds. The second-order valence-electron chi connectivity index (χ2n) is 2.70. The number of carboxylic acids is 1. The summed E-state index contributed by atoms with van der Waals surface area (Å²) in [6.45, 7) is 0. The van der Waals surface area contributed by atoms with Crippen molar-refractivity contribution in [1.82, 2.24) is 10.3 Å². The van der Waals surface area contributed by atoms with Crippen LogP contribution in [0.5, 0.6) is 0 Å². The molecule has 13 heavy (non-hydrogen) atoms. The summed E-state index contributed by atoms with van der Waals surface area (Å²) in [5.74, 6) is -0.854. The lowest BCUT2D eigenvalue weighted by molar-refractivity contribution is -0.139. The standard InChI is InChI=1S/C9H12N2O2.2H2/c1-10-8(9(12)13)6-7-4-2-3-5-11-7;;/h2-5,8,10H,6H2,1H3,(H,12,13);2*1H. The Bertz CT molecular complexity index is 283. The van der Waals surface area contributed by atoms with Crippen molar-refractivity contribution in [2.45, 2.75) is 12.5 Å². The van der Waals surface area contributed by atoms with Crippen molar-refractivity contribution in [3.05, 3.63) is 30.1 Å². The lowest BCUT2D eigenvalue weighted by atomic mass is 10.1. The maximum Gasteiger partial charge on any atom is 0.321 e. The van der Waals surface area contributed by atoms with E-state index in [1.807, 2.05) is 12.1 Å². The Morgan fingerprint density at radius 1 is 1.77 bits per heavy atom. The van der Waals surface area contributed by atoms with E-state index < -0.39 is 12.0 Å². The minimum atomic E-state index is -0.854. The van der Waals surface area contributed by atoms with E-state index in [2.05, 4.69) is 10.3 Å². The molecule has 0 fully saturated rings. The summed E-state index contributed by atoms with van der Waals surface area (Å²) < 4.78 is 0. The summed E-state index contributed by atoms with van der Waals surface area (Å²) >= 11 is 0. The van der Waals surface area contributed by atoms with Gasteiger partial charge >= 0.3 is 5.97 Å². The van der Waals surface area contributed by atoms with Gasteiger partial charge < -0.3 is 10.4 Å². The average Bonchev–Trinajstić information content (AvgIpc) is 2.15. The van der Waals surface area contributed by atoms with Gasteiger partial charge in [0.15, 0.2) is 0 Å². The fourth-order valence-electron chi connectivity index (χ4n) is 1.04. The van der Waals surface area contributed by atoms with Crippen molar-refractivity contribution in [2.75, 3.05) is 7.05 Å². The molecule has 1 heterocycles. The van der Waals surface area contributed by atoms with Crippen LogP contribution < -0.4 is 5.32 Å². The molecule has 0 radical (unpaired) electrons. The number of rotatable bonds is 4. The fourth-order valence-corrected chi connectivity index (χ4v) is 1.04. The fraction of sp³-hybridized carbons (Fsp3) is 0.333. The molecule has 0 aliphatic carbocycles. The van der Waals surface area contributed by atoms with Gasteiger partial charge in [-0.25, -0.2) is 0 Å². The molecule has 4 heteroatoms. The van der Waals surface area contributed by atoms with E-state index in [9.17, 15) is 4.79 Å². The lowest BCUT2D eigenvalue weighted by Gasteiger charge is -2.09. The first-order valence-electron chi connectivity index (χ1n) is 4.04. The third-order valence-corrected chi connectivity index (χ3v) is 1.79. The molecule has 74 valence electrons. The van der Waals surface area contributed by atoms with Crippen LogP contribution in [0.4, 0.5) is 0 Å². The first-order chi connectivity index (χ1) is 6.24. The second-order valence-corrected chi connectivity index (χ2v) is 2.70. The van der Waals surface area contributed by atoms with Gasteiger partial charge in [0.1, 0.15) is 6.04 Å². The van der Waals surface area contributed by atoms with E-state index in [1.165, 1.54) is 0 Å². The van der Waals surface area contributed by atoms with Gasteiger partial charge in [-0.05, 0) is 19.2 Å². The highest BCUT2D eigenvalue weighted by atomic mass is 16.4. The predicted octanol–water partition coefficient (Wildman–Crippen LogP) is 0.789. The van der Waals surface area contributed by atoms with Gasteiger partial charge in [-0.3, -0.25) is 9.78 Å². The molecule has 1 aromatic rings. The van der Waals surface area contributed by atoms with Gasteiger partial charge in [0.2, 0.25) is 0 Å². The smallest absolute Gasteiger partial charge is 0.321 e. The van der Waals surface area contributed by atoms with E-state index >= 15 is 0 Å². The zero-order valence-electron chi connectivity index (χ0n) is 7.40. The topological polar surface area (TPSA) is 62.2 Å². The monoisotopic (exact) mass is 184 g/mol. The predicted molar refractivity (Wildman–Crippen MR) is 52.7 cm³/mol. The number of pyridine rings is 1. The molecule has 4 nitrogen and oxygen atoms in total. The number of likely N-dealkylation sites (N-methyl/N-ethyl adjacent to an activating group) is 1.